The molecule has 0 radical (unpaired) electrons. The highest BCUT2D eigenvalue weighted by atomic mass is 16.1. The van der Waals surface area contributed by atoms with Gasteiger partial charge in [0.25, 0.3) is 0 Å². The lowest BCUT2D eigenvalue weighted by Crippen LogP contribution is -2.24. The van der Waals surface area contributed by atoms with Gasteiger partial charge >= 0.3 is 0 Å². The molecule has 1 N–H and O–H groups in total. The van der Waals surface area contributed by atoms with Crippen LogP contribution in [0.3, 0.4) is 0 Å². The third-order valence-electron chi connectivity index (χ3n) is 3.42. The Labute approximate surface area is 126 Å². The molecule has 1 heterocycles. The minimum absolute atomic E-state index is 0.0373. The first-order valence-corrected chi connectivity index (χ1v) is 7.20. The molecule has 2 rings (SSSR count). The zero-order valence-electron chi connectivity index (χ0n) is 12.9. The highest BCUT2D eigenvalue weighted by Gasteiger charge is 2.13. The van der Waals surface area contributed by atoms with Crippen molar-refractivity contribution >= 4 is 5.91 Å². The van der Waals surface area contributed by atoms with Crippen LogP contribution in [0.15, 0.2) is 48.8 Å². The van der Waals surface area contributed by atoms with Crippen LogP contribution in [0.5, 0.6) is 0 Å². The Morgan fingerprint density at radius 1 is 1.00 bits per heavy atom. The van der Waals surface area contributed by atoms with Gasteiger partial charge in [-0.2, -0.15) is 0 Å². The summed E-state index contributed by atoms with van der Waals surface area (Å²) in [7, 11) is 0. The number of nitrogens with one attached hydrogen (secondary N) is 1. The molecule has 110 valence electrons. The molecule has 0 saturated heterocycles. The minimum Gasteiger partial charge on any atom is -0.352 e. The summed E-state index contributed by atoms with van der Waals surface area (Å²) in [6.45, 7) is 7.09. The third-order valence-corrected chi connectivity index (χ3v) is 3.42. The van der Waals surface area contributed by atoms with Crippen molar-refractivity contribution < 1.29 is 4.79 Å². The average molecular weight is 282 g/mol. The first-order valence-electron chi connectivity index (χ1n) is 7.20. The first-order chi connectivity index (χ1) is 9.95. The SMILES string of the molecule is CC(C)(C)c1ccc(CC(=O)NCc2ccncc2)cc1. The number of hydrogen-bond acceptors (Lipinski definition) is 2. The van der Waals surface area contributed by atoms with E-state index in [1.54, 1.807) is 12.4 Å². The summed E-state index contributed by atoms with van der Waals surface area (Å²) < 4.78 is 0. The highest BCUT2D eigenvalue weighted by molar-refractivity contribution is 5.78. The van der Waals surface area contributed by atoms with E-state index in [9.17, 15) is 4.79 Å². The maximum Gasteiger partial charge on any atom is 0.224 e. The quantitative estimate of drug-likeness (QED) is 0.935. The predicted molar refractivity (Wildman–Crippen MR) is 84.9 cm³/mol. The minimum atomic E-state index is 0.0373. The Balaban J connectivity index is 1.88. The second kappa shape index (κ2) is 6.53. The van der Waals surface area contributed by atoms with Crippen LogP contribution in [0.1, 0.15) is 37.5 Å². The monoisotopic (exact) mass is 282 g/mol. The zero-order valence-corrected chi connectivity index (χ0v) is 12.9. The second-order valence-corrected chi connectivity index (χ2v) is 6.26. The van der Waals surface area contributed by atoms with E-state index in [0.717, 1.165) is 11.1 Å². The molecule has 1 amide bonds. The molecular formula is C18H22N2O. The Bertz CT molecular complexity index is 583. The van der Waals surface area contributed by atoms with Gasteiger partial charge in [-0.05, 0) is 34.2 Å². The summed E-state index contributed by atoms with van der Waals surface area (Å²) >= 11 is 0. The van der Waals surface area contributed by atoms with Gasteiger partial charge in [-0.25, -0.2) is 0 Å². The van der Waals surface area contributed by atoms with E-state index in [1.165, 1.54) is 5.56 Å². The van der Waals surface area contributed by atoms with Crippen molar-refractivity contribution in [3.63, 3.8) is 0 Å². The topological polar surface area (TPSA) is 42.0 Å². The number of rotatable bonds is 4. The maximum atomic E-state index is 11.9. The number of carbonyl (C=O) groups excluding carboxylic acids is 1. The smallest absolute Gasteiger partial charge is 0.224 e. The molecule has 0 spiro atoms. The number of nitrogens with zero attached hydrogens (tertiary/aromatic N) is 1. The summed E-state index contributed by atoms with van der Waals surface area (Å²) in [6, 6.07) is 12.1. The third kappa shape index (κ3) is 4.71. The van der Waals surface area contributed by atoms with Gasteiger partial charge in [0.1, 0.15) is 0 Å². The molecule has 0 fully saturated rings. The van der Waals surface area contributed by atoms with Gasteiger partial charge in [-0.1, -0.05) is 45.0 Å². The molecule has 0 unspecified atom stereocenters. The Morgan fingerprint density at radius 2 is 1.62 bits per heavy atom. The van der Waals surface area contributed by atoms with Gasteiger partial charge in [-0.15, -0.1) is 0 Å². The molecule has 1 aromatic heterocycles. The van der Waals surface area contributed by atoms with Crippen LogP contribution in [0.2, 0.25) is 0 Å². The standard InChI is InChI=1S/C18H22N2O/c1-18(2,3)16-6-4-14(5-7-16)12-17(21)20-13-15-8-10-19-11-9-15/h4-11H,12-13H2,1-3H3,(H,20,21). The average Bonchev–Trinajstić information content (AvgIpc) is 2.46. The van der Waals surface area contributed by atoms with Gasteiger partial charge < -0.3 is 5.32 Å². The Kier molecular flexibility index (Phi) is 4.73. The van der Waals surface area contributed by atoms with Crippen LogP contribution in [-0.2, 0) is 23.2 Å². The maximum absolute atomic E-state index is 11.9. The number of amides is 1. The van der Waals surface area contributed by atoms with Crippen LogP contribution in [0, 0.1) is 0 Å². The van der Waals surface area contributed by atoms with Crippen molar-refractivity contribution in [1.82, 2.24) is 10.3 Å². The summed E-state index contributed by atoms with van der Waals surface area (Å²) in [5, 5.41) is 2.93. The highest BCUT2D eigenvalue weighted by Crippen LogP contribution is 2.22. The zero-order chi connectivity index (χ0) is 15.3. The normalized spacial score (nSPS) is 11.2. The lowest BCUT2D eigenvalue weighted by molar-refractivity contribution is -0.120. The van der Waals surface area contributed by atoms with Crippen LogP contribution < -0.4 is 5.32 Å². The number of benzene rings is 1. The number of carbonyl (C=O) groups is 1. The molecule has 3 nitrogen and oxygen atoms in total. The first kappa shape index (κ1) is 15.2. The molecule has 2 aromatic rings. The number of aromatic nitrogens is 1. The van der Waals surface area contributed by atoms with Gasteiger partial charge in [0.15, 0.2) is 0 Å². The van der Waals surface area contributed by atoms with E-state index in [4.69, 9.17) is 0 Å². The van der Waals surface area contributed by atoms with E-state index in [-0.39, 0.29) is 11.3 Å². The Hall–Kier alpha value is -2.16. The van der Waals surface area contributed by atoms with E-state index in [2.05, 4.69) is 43.2 Å². The number of hydrogen-bond donors (Lipinski definition) is 1. The van der Waals surface area contributed by atoms with Gasteiger partial charge in [0, 0.05) is 18.9 Å². The molecule has 3 heteroatoms. The molecule has 0 aliphatic rings. The molecule has 21 heavy (non-hydrogen) atoms. The van der Waals surface area contributed by atoms with Crippen molar-refractivity contribution in [2.75, 3.05) is 0 Å². The van der Waals surface area contributed by atoms with Crippen molar-refractivity contribution in [3.05, 3.63) is 65.5 Å². The number of pyridine rings is 1. The summed E-state index contributed by atoms with van der Waals surface area (Å²) in [5.41, 5.74) is 3.52. The fourth-order valence-corrected chi connectivity index (χ4v) is 2.07. The largest absolute Gasteiger partial charge is 0.352 e. The fourth-order valence-electron chi connectivity index (χ4n) is 2.07. The van der Waals surface area contributed by atoms with Gasteiger partial charge in [0.05, 0.1) is 6.42 Å². The van der Waals surface area contributed by atoms with E-state index >= 15 is 0 Å². The van der Waals surface area contributed by atoms with E-state index in [0.29, 0.717) is 13.0 Å². The van der Waals surface area contributed by atoms with Crippen molar-refractivity contribution in [1.29, 1.82) is 0 Å². The molecular weight excluding hydrogens is 260 g/mol. The van der Waals surface area contributed by atoms with Gasteiger partial charge in [-0.3, -0.25) is 9.78 Å². The lowest BCUT2D eigenvalue weighted by atomic mass is 9.86. The molecule has 0 atom stereocenters. The second-order valence-electron chi connectivity index (χ2n) is 6.26. The predicted octanol–water partition coefficient (Wildman–Crippen LogP) is 3.24. The van der Waals surface area contributed by atoms with Crippen LogP contribution in [0.4, 0.5) is 0 Å². The molecule has 0 bridgehead atoms. The molecule has 1 aromatic carbocycles. The van der Waals surface area contributed by atoms with E-state index < -0.39 is 0 Å². The summed E-state index contributed by atoms with van der Waals surface area (Å²) in [4.78, 5) is 15.9. The van der Waals surface area contributed by atoms with Crippen molar-refractivity contribution in [3.8, 4) is 0 Å². The molecule has 0 aliphatic heterocycles. The van der Waals surface area contributed by atoms with Crippen molar-refractivity contribution in [2.45, 2.75) is 39.2 Å². The van der Waals surface area contributed by atoms with Crippen LogP contribution >= 0.6 is 0 Å². The summed E-state index contributed by atoms with van der Waals surface area (Å²) in [6.07, 6.45) is 3.87. The lowest BCUT2D eigenvalue weighted by Gasteiger charge is -2.19. The molecule has 0 saturated carbocycles. The Morgan fingerprint density at radius 3 is 2.19 bits per heavy atom. The fraction of sp³-hybridized carbons (Fsp3) is 0.333. The van der Waals surface area contributed by atoms with Gasteiger partial charge in [0.2, 0.25) is 5.91 Å². The molecule has 0 aliphatic carbocycles. The van der Waals surface area contributed by atoms with Crippen LogP contribution in [-0.4, -0.2) is 10.9 Å². The summed E-state index contributed by atoms with van der Waals surface area (Å²) in [5.74, 6) is 0.0373. The van der Waals surface area contributed by atoms with Crippen molar-refractivity contribution in [2.24, 2.45) is 0 Å². The van der Waals surface area contributed by atoms with Crippen LogP contribution in [0.25, 0.3) is 0 Å². The van der Waals surface area contributed by atoms with E-state index in [1.807, 2.05) is 24.3 Å².